The maximum absolute atomic E-state index is 4.03. The molecule has 0 saturated heterocycles. The van der Waals surface area contributed by atoms with E-state index in [1.54, 1.807) is 6.33 Å². The van der Waals surface area contributed by atoms with E-state index in [9.17, 15) is 0 Å². The van der Waals surface area contributed by atoms with Gasteiger partial charge in [-0.15, -0.1) is 17.0 Å². The Morgan fingerprint density at radius 1 is 1.78 bits per heavy atom. The molecule has 0 aliphatic heterocycles. The van der Waals surface area contributed by atoms with Gasteiger partial charge in [-0.2, -0.15) is 0 Å². The molecule has 0 aromatic carbocycles. The quantitative estimate of drug-likeness (QED) is 0.766. The molecule has 52 valence electrons. The SMILES string of the molecule is Br.Cc1[nH]cnc1CBr. The Labute approximate surface area is 73.0 Å². The molecule has 0 spiro atoms. The number of alkyl halides is 1. The van der Waals surface area contributed by atoms with Gasteiger partial charge in [-0.1, -0.05) is 15.9 Å². The van der Waals surface area contributed by atoms with Crippen molar-refractivity contribution in [1.82, 2.24) is 9.97 Å². The summed E-state index contributed by atoms with van der Waals surface area (Å²) in [5.74, 6) is 0. The summed E-state index contributed by atoms with van der Waals surface area (Å²) in [6, 6.07) is 0. The number of aromatic amines is 1. The Bertz CT molecular complexity index is 173. The van der Waals surface area contributed by atoms with Crippen LogP contribution in [0.3, 0.4) is 0 Å². The lowest BCUT2D eigenvalue weighted by Crippen LogP contribution is -1.78. The smallest absolute Gasteiger partial charge is 0.0925 e. The second-order valence-corrected chi connectivity index (χ2v) is 2.17. The first-order valence-electron chi connectivity index (χ1n) is 2.39. The summed E-state index contributed by atoms with van der Waals surface area (Å²) in [6.45, 7) is 2.00. The van der Waals surface area contributed by atoms with Crippen molar-refractivity contribution < 1.29 is 0 Å². The van der Waals surface area contributed by atoms with Crippen LogP contribution < -0.4 is 0 Å². The highest BCUT2D eigenvalue weighted by atomic mass is 79.9. The third-order valence-corrected chi connectivity index (χ3v) is 1.59. The minimum Gasteiger partial charge on any atom is -0.348 e. The molecule has 0 bridgehead atoms. The number of aromatic nitrogens is 2. The average molecular weight is 256 g/mol. The van der Waals surface area contributed by atoms with Crippen LogP contribution in [0.15, 0.2) is 6.33 Å². The monoisotopic (exact) mass is 254 g/mol. The van der Waals surface area contributed by atoms with Crippen LogP contribution in [0.5, 0.6) is 0 Å². The highest BCUT2D eigenvalue weighted by molar-refractivity contribution is 9.08. The molecule has 2 nitrogen and oxygen atoms in total. The fourth-order valence-corrected chi connectivity index (χ4v) is 1.09. The van der Waals surface area contributed by atoms with Gasteiger partial charge in [0.2, 0.25) is 0 Å². The summed E-state index contributed by atoms with van der Waals surface area (Å²) in [6.07, 6.45) is 1.70. The van der Waals surface area contributed by atoms with Crippen LogP contribution in [0.2, 0.25) is 0 Å². The minimum atomic E-state index is 0. The van der Waals surface area contributed by atoms with Crippen LogP contribution in [0, 0.1) is 6.92 Å². The molecule has 0 aliphatic carbocycles. The lowest BCUT2D eigenvalue weighted by Gasteiger charge is -1.85. The molecule has 9 heavy (non-hydrogen) atoms. The molecular weight excluding hydrogens is 248 g/mol. The van der Waals surface area contributed by atoms with Gasteiger partial charge in [0.25, 0.3) is 0 Å². The largest absolute Gasteiger partial charge is 0.348 e. The Hall–Kier alpha value is 0.170. The van der Waals surface area contributed by atoms with Gasteiger partial charge in [-0.25, -0.2) is 4.98 Å². The summed E-state index contributed by atoms with van der Waals surface area (Å²) < 4.78 is 0. The topological polar surface area (TPSA) is 28.7 Å². The van der Waals surface area contributed by atoms with Crippen molar-refractivity contribution in [3.05, 3.63) is 17.7 Å². The van der Waals surface area contributed by atoms with Gasteiger partial charge >= 0.3 is 0 Å². The molecule has 0 fully saturated rings. The molecule has 0 radical (unpaired) electrons. The molecule has 4 heteroatoms. The molecule has 0 saturated carbocycles. The molecule has 0 aliphatic rings. The summed E-state index contributed by atoms with van der Waals surface area (Å²) in [5, 5.41) is 0.836. The van der Waals surface area contributed by atoms with E-state index < -0.39 is 0 Å². The van der Waals surface area contributed by atoms with Gasteiger partial charge in [-0.05, 0) is 6.92 Å². The number of hydrogen-bond acceptors (Lipinski definition) is 1. The summed E-state index contributed by atoms with van der Waals surface area (Å²) >= 11 is 3.30. The first kappa shape index (κ1) is 9.17. The van der Waals surface area contributed by atoms with E-state index in [2.05, 4.69) is 25.9 Å². The highest BCUT2D eigenvalue weighted by Crippen LogP contribution is 2.04. The average Bonchev–Trinajstić information content (AvgIpc) is 2.14. The van der Waals surface area contributed by atoms with Crippen LogP contribution in [-0.4, -0.2) is 9.97 Å². The van der Waals surface area contributed by atoms with Crippen molar-refractivity contribution in [3.8, 4) is 0 Å². The van der Waals surface area contributed by atoms with Crippen LogP contribution in [-0.2, 0) is 5.33 Å². The van der Waals surface area contributed by atoms with E-state index in [0.29, 0.717) is 0 Å². The fraction of sp³-hybridized carbons (Fsp3) is 0.400. The van der Waals surface area contributed by atoms with Gasteiger partial charge in [0.1, 0.15) is 0 Å². The molecule has 1 aromatic rings. The van der Waals surface area contributed by atoms with Crippen molar-refractivity contribution in [3.63, 3.8) is 0 Å². The zero-order valence-electron chi connectivity index (χ0n) is 5.02. The zero-order chi connectivity index (χ0) is 5.98. The summed E-state index contributed by atoms with van der Waals surface area (Å²) in [5.41, 5.74) is 2.23. The summed E-state index contributed by atoms with van der Waals surface area (Å²) in [4.78, 5) is 7.01. The fourth-order valence-electron chi connectivity index (χ4n) is 0.522. The third-order valence-electron chi connectivity index (χ3n) is 1.06. The van der Waals surface area contributed by atoms with Crippen molar-refractivity contribution >= 4 is 32.9 Å². The lowest BCUT2D eigenvalue weighted by atomic mass is 10.4. The maximum atomic E-state index is 4.03. The van der Waals surface area contributed by atoms with Crippen LogP contribution in [0.4, 0.5) is 0 Å². The first-order valence-corrected chi connectivity index (χ1v) is 3.51. The molecule has 0 unspecified atom stereocenters. The number of nitrogens with one attached hydrogen (secondary N) is 1. The molecular formula is C5H8Br2N2. The normalized spacial score (nSPS) is 8.67. The number of rotatable bonds is 1. The van der Waals surface area contributed by atoms with Crippen LogP contribution >= 0.6 is 32.9 Å². The van der Waals surface area contributed by atoms with Crippen LogP contribution in [0.1, 0.15) is 11.4 Å². The standard InChI is InChI=1S/C5H7BrN2.BrH/c1-4-5(2-6)8-3-7-4;/h3H,2H2,1H3,(H,7,8);1H. The van der Waals surface area contributed by atoms with E-state index in [1.807, 2.05) is 6.92 Å². The number of nitrogens with zero attached hydrogens (tertiary/aromatic N) is 1. The van der Waals surface area contributed by atoms with Crippen molar-refractivity contribution in [2.75, 3.05) is 0 Å². The first-order chi connectivity index (χ1) is 3.84. The van der Waals surface area contributed by atoms with Gasteiger partial charge < -0.3 is 4.98 Å². The van der Waals surface area contributed by atoms with Gasteiger partial charge in [0.05, 0.1) is 12.0 Å². The van der Waals surface area contributed by atoms with E-state index in [1.165, 1.54) is 0 Å². The molecule has 1 N–H and O–H groups in total. The highest BCUT2D eigenvalue weighted by Gasteiger charge is 1.94. The number of aryl methyl sites for hydroxylation is 1. The second kappa shape index (κ2) is 4.06. The molecule has 1 rings (SSSR count). The van der Waals surface area contributed by atoms with E-state index >= 15 is 0 Å². The Kier molecular flexibility index (Phi) is 4.14. The van der Waals surface area contributed by atoms with Crippen molar-refractivity contribution in [1.29, 1.82) is 0 Å². The molecule has 0 amide bonds. The lowest BCUT2D eigenvalue weighted by molar-refractivity contribution is 1.20. The number of halogens is 2. The predicted molar refractivity (Wildman–Crippen MR) is 46.3 cm³/mol. The van der Waals surface area contributed by atoms with Crippen molar-refractivity contribution in [2.24, 2.45) is 0 Å². The molecule has 1 aromatic heterocycles. The Morgan fingerprint density at radius 3 is 2.67 bits per heavy atom. The third kappa shape index (κ3) is 2.10. The van der Waals surface area contributed by atoms with E-state index in [0.717, 1.165) is 16.7 Å². The molecule has 1 heterocycles. The Morgan fingerprint density at radius 2 is 2.44 bits per heavy atom. The Balaban J connectivity index is 0.000000640. The maximum Gasteiger partial charge on any atom is 0.0925 e. The molecule has 0 atom stereocenters. The van der Waals surface area contributed by atoms with Crippen molar-refractivity contribution in [2.45, 2.75) is 12.3 Å². The zero-order valence-corrected chi connectivity index (χ0v) is 8.32. The minimum absolute atomic E-state index is 0. The van der Waals surface area contributed by atoms with E-state index in [-0.39, 0.29) is 17.0 Å². The van der Waals surface area contributed by atoms with Gasteiger partial charge in [-0.3, -0.25) is 0 Å². The van der Waals surface area contributed by atoms with Gasteiger partial charge in [0, 0.05) is 11.0 Å². The van der Waals surface area contributed by atoms with E-state index in [4.69, 9.17) is 0 Å². The summed E-state index contributed by atoms with van der Waals surface area (Å²) in [7, 11) is 0. The van der Waals surface area contributed by atoms with Gasteiger partial charge in [0.15, 0.2) is 0 Å². The predicted octanol–water partition coefficient (Wildman–Crippen LogP) is 2.19. The number of hydrogen-bond donors (Lipinski definition) is 1. The number of imidazole rings is 1. The number of H-pyrrole nitrogens is 1. The van der Waals surface area contributed by atoms with Crippen LogP contribution in [0.25, 0.3) is 0 Å². The second-order valence-electron chi connectivity index (χ2n) is 1.61.